The quantitative estimate of drug-likeness (QED) is 0.160. The molecule has 2 spiro atoms. The van der Waals surface area contributed by atoms with Crippen LogP contribution in [0.4, 0.5) is 34.1 Å². The number of benzene rings is 10. The summed E-state index contributed by atoms with van der Waals surface area (Å²) in [6, 6.07) is 88.3. The first-order chi connectivity index (χ1) is 33.0. The van der Waals surface area contributed by atoms with E-state index in [2.05, 4.69) is 254 Å². The molecule has 67 heavy (non-hydrogen) atoms. The molecule has 0 unspecified atom stereocenters. The Labute approximate surface area is 392 Å². The lowest BCUT2D eigenvalue weighted by atomic mass is 9.59. The minimum atomic E-state index is -2.72. The largest absolute Gasteiger partial charge is 0.310 e. The summed E-state index contributed by atoms with van der Waals surface area (Å²) in [6.07, 6.45) is 0. The van der Waals surface area contributed by atoms with Crippen LogP contribution in [0.5, 0.6) is 0 Å². The minimum Gasteiger partial charge on any atom is -0.310 e. The second-order valence-corrected chi connectivity index (χ2v) is 23.2. The topological polar surface area (TPSA) is 6.48 Å². The average molecular weight is 869 g/mol. The highest BCUT2D eigenvalue weighted by Crippen LogP contribution is 2.66. The Morgan fingerprint density at radius 2 is 0.716 bits per heavy atom. The first-order valence-corrected chi connectivity index (χ1v) is 25.7. The van der Waals surface area contributed by atoms with E-state index in [0.29, 0.717) is 0 Å². The molecule has 10 aromatic carbocycles. The molecule has 0 saturated heterocycles. The van der Waals surface area contributed by atoms with Gasteiger partial charge in [-0.25, -0.2) is 0 Å². The number of anilines is 6. The summed E-state index contributed by atoms with van der Waals surface area (Å²) < 4.78 is 0. The highest BCUT2D eigenvalue weighted by Gasteiger charge is 2.56. The summed E-state index contributed by atoms with van der Waals surface area (Å²) in [5, 5.41) is 5.96. The van der Waals surface area contributed by atoms with Crippen LogP contribution in [0.3, 0.4) is 0 Å². The molecule has 5 aliphatic rings. The molecule has 0 aromatic heterocycles. The molecular formula is C64H44N2Si. The summed E-state index contributed by atoms with van der Waals surface area (Å²) in [4.78, 5) is 5.12. The van der Waals surface area contributed by atoms with E-state index in [1.54, 1.807) is 0 Å². The van der Waals surface area contributed by atoms with E-state index < -0.39 is 13.5 Å². The number of hydrogen-bond donors (Lipinski definition) is 0. The highest BCUT2D eigenvalue weighted by atomic mass is 28.3. The Morgan fingerprint density at radius 3 is 1.27 bits per heavy atom. The number of rotatable bonds is 2. The van der Waals surface area contributed by atoms with Crippen molar-refractivity contribution in [2.45, 2.75) is 24.7 Å². The third kappa shape index (κ3) is 4.46. The second kappa shape index (κ2) is 13.1. The number of para-hydroxylation sites is 4. The molecule has 3 heteroatoms. The highest BCUT2D eigenvalue weighted by molar-refractivity contribution is 7.24. The van der Waals surface area contributed by atoms with Crippen molar-refractivity contribution in [3.05, 3.63) is 264 Å². The molecule has 10 aromatic rings. The first kappa shape index (κ1) is 37.3. The Kier molecular flexibility index (Phi) is 7.28. The van der Waals surface area contributed by atoms with E-state index in [9.17, 15) is 0 Å². The van der Waals surface area contributed by atoms with Crippen LogP contribution in [0.15, 0.2) is 231 Å². The molecule has 0 bridgehead atoms. The normalized spacial score (nSPS) is 15.9. The van der Waals surface area contributed by atoms with E-state index in [1.165, 1.54) is 116 Å². The summed E-state index contributed by atoms with van der Waals surface area (Å²) in [7, 11) is -2.72. The molecule has 0 N–H and O–H groups in total. The van der Waals surface area contributed by atoms with Crippen molar-refractivity contribution < 1.29 is 0 Å². The fraction of sp³-hybridized carbons (Fsp3) is 0.0625. The lowest BCUT2D eigenvalue weighted by Gasteiger charge is -2.51. The van der Waals surface area contributed by atoms with Crippen molar-refractivity contribution >= 4 is 62.9 Å². The Bertz CT molecular complexity index is 3660. The van der Waals surface area contributed by atoms with Gasteiger partial charge in [-0.15, -0.1) is 0 Å². The summed E-state index contributed by atoms with van der Waals surface area (Å²) in [5.74, 6) is 0. The average Bonchev–Trinajstić information content (AvgIpc) is 3.94. The van der Waals surface area contributed by atoms with Gasteiger partial charge in [-0.3, -0.25) is 0 Å². The van der Waals surface area contributed by atoms with Crippen LogP contribution < -0.4 is 30.5 Å². The zero-order valence-electron chi connectivity index (χ0n) is 37.3. The van der Waals surface area contributed by atoms with Crippen LogP contribution in [-0.2, 0) is 10.8 Å². The van der Waals surface area contributed by atoms with Crippen LogP contribution in [0.2, 0.25) is 0 Å². The van der Waals surface area contributed by atoms with E-state index in [-0.39, 0.29) is 5.41 Å². The van der Waals surface area contributed by atoms with Crippen LogP contribution in [0, 0.1) is 0 Å². The molecule has 314 valence electrons. The number of hydrogen-bond acceptors (Lipinski definition) is 2. The van der Waals surface area contributed by atoms with Gasteiger partial charge in [0.2, 0.25) is 0 Å². The van der Waals surface area contributed by atoms with Gasteiger partial charge in [0.05, 0.1) is 28.2 Å². The van der Waals surface area contributed by atoms with E-state index >= 15 is 0 Å². The van der Waals surface area contributed by atoms with Crippen molar-refractivity contribution in [2.75, 3.05) is 9.80 Å². The van der Waals surface area contributed by atoms with E-state index in [0.717, 1.165) is 5.69 Å². The standard InChI is InChI=1S/C64H44N2Si/c1-63(2)49-26-10-6-22-43(49)48-39-54-58(40-53(48)63)66(42-36-37-47-46-25-9-19-35-61(46)67(62(47)38-42)59-33-17-7-23-44(59)45-24-8-18-34-60(45)67)57-32-16-13-29-52(57)64(54)50-27-11-14-30-55(50)65(41-20-4-3-5-21-41)56-31-15-12-28-51(56)64/h3-40H,1-2H3. The Morgan fingerprint density at radius 1 is 0.284 bits per heavy atom. The molecule has 15 rings (SSSR count). The zero-order valence-corrected chi connectivity index (χ0v) is 38.3. The maximum atomic E-state index is 2.64. The summed E-state index contributed by atoms with van der Waals surface area (Å²) in [5.41, 5.74) is 22.4. The molecule has 0 atom stereocenters. The van der Waals surface area contributed by atoms with Crippen molar-refractivity contribution in [3.63, 3.8) is 0 Å². The van der Waals surface area contributed by atoms with Crippen LogP contribution in [0.1, 0.15) is 47.2 Å². The molecular weight excluding hydrogens is 825 g/mol. The predicted molar refractivity (Wildman–Crippen MR) is 280 cm³/mol. The van der Waals surface area contributed by atoms with Crippen molar-refractivity contribution in [2.24, 2.45) is 0 Å². The van der Waals surface area contributed by atoms with E-state index in [1.807, 2.05) is 0 Å². The van der Waals surface area contributed by atoms with Crippen LogP contribution in [0.25, 0.3) is 33.4 Å². The lowest BCUT2D eigenvalue weighted by Crippen LogP contribution is -2.70. The monoisotopic (exact) mass is 868 g/mol. The first-order valence-electron chi connectivity index (χ1n) is 23.7. The molecule has 0 fully saturated rings. The molecule has 0 radical (unpaired) electrons. The minimum absolute atomic E-state index is 0.197. The maximum absolute atomic E-state index is 2.72. The van der Waals surface area contributed by atoms with Gasteiger partial charge < -0.3 is 9.80 Å². The van der Waals surface area contributed by atoms with Gasteiger partial charge in [0.15, 0.2) is 8.07 Å². The molecule has 0 amide bonds. The van der Waals surface area contributed by atoms with Gasteiger partial charge in [0, 0.05) is 16.8 Å². The van der Waals surface area contributed by atoms with Gasteiger partial charge in [-0.05, 0) is 142 Å². The van der Waals surface area contributed by atoms with Gasteiger partial charge in [0.1, 0.15) is 0 Å². The smallest absolute Gasteiger partial charge is 0.182 e. The summed E-state index contributed by atoms with van der Waals surface area (Å²) in [6.45, 7) is 4.84. The van der Waals surface area contributed by atoms with Crippen LogP contribution in [-0.4, -0.2) is 8.07 Å². The maximum Gasteiger partial charge on any atom is 0.182 e. The van der Waals surface area contributed by atoms with Crippen LogP contribution >= 0.6 is 0 Å². The molecule has 4 aliphatic heterocycles. The second-order valence-electron chi connectivity index (χ2n) is 19.5. The van der Waals surface area contributed by atoms with Crippen molar-refractivity contribution in [3.8, 4) is 33.4 Å². The third-order valence-corrected chi connectivity index (χ3v) is 21.2. The van der Waals surface area contributed by atoms with Crippen molar-refractivity contribution in [1.82, 2.24) is 0 Å². The third-order valence-electron chi connectivity index (χ3n) is 16.2. The van der Waals surface area contributed by atoms with Gasteiger partial charge in [-0.2, -0.15) is 0 Å². The Balaban J connectivity index is 1.06. The predicted octanol–water partition coefficient (Wildman–Crippen LogP) is 13.3. The molecule has 1 aliphatic carbocycles. The van der Waals surface area contributed by atoms with Gasteiger partial charge in [-0.1, -0.05) is 190 Å². The fourth-order valence-electron chi connectivity index (χ4n) is 13.7. The Hall–Kier alpha value is -7.98. The molecule has 2 nitrogen and oxygen atoms in total. The number of nitrogens with zero attached hydrogens (tertiary/aromatic N) is 2. The molecule has 4 heterocycles. The SMILES string of the molecule is CC1(C)c2ccccc2-c2cc3c(cc21)N(c1ccc2c(c1)[Si]1(c4ccccc4-c4ccccc41)c1ccccc1-2)c1ccccc1C31c2ccccc2N(c2ccccc2)c2ccccc21. The lowest BCUT2D eigenvalue weighted by molar-refractivity contribution is 0.658. The van der Waals surface area contributed by atoms with Gasteiger partial charge in [0.25, 0.3) is 0 Å². The summed E-state index contributed by atoms with van der Waals surface area (Å²) >= 11 is 0. The van der Waals surface area contributed by atoms with E-state index in [4.69, 9.17) is 0 Å². The van der Waals surface area contributed by atoms with Crippen molar-refractivity contribution in [1.29, 1.82) is 0 Å². The zero-order chi connectivity index (χ0) is 44.2. The number of fused-ring (bicyclic) bond motifs is 21. The van der Waals surface area contributed by atoms with Gasteiger partial charge >= 0.3 is 0 Å². The molecule has 0 saturated carbocycles. The fourth-order valence-corrected chi connectivity index (χ4v) is 19.3.